The number of nitrogens with zero attached hydrogens (tertiary/aromatic N) is 3. The van der Waals surface area contributed by atoms with Gasteiger partial charge in [0.15, 0.2) is 5.82 Å². The Bertz CT molecular complexity index is 505. The predicted molar refractivity (Wildman–Crippen MR) is 58.0 cm³/mol. The number of rotatable bonds is 2. The fraction of sp³-hybridized carbons (Fsp3) is 0.200. The zero-order valence-electron chi connectivity index (χ0n) is 8.98. The number of carbonyl (C=O) groups is 1. The third-order valence-electron chi connectivity index (χ3n) is 2.28. The molecule has 6 nitrogen and oxygen atoms in total. The maximum absolute atomic E-state index is 11.7. The van der Waals surface area contributed by atoms with Gasteiger partial charge in [-0.05, 0) is 13.8 Å². The average Bonchev–Trinajstić information content (AvgIpc) is 2.62. The van der Waals surface area contributed by atoms with Gasteiger partial charge in [0.25, 0.3) is 5.91 Å². The molecule has 2 aromatic heterocycles. The molecule has 0 saturated carbocycles. The first-order valence-electron chi connectivity index (χ1n) is 4.77. The van der Waals surface area contributed by atoms with Crippen LogP contribution in [0.3, 0.4) is 0 Å². The summed E-state index contributed by atoms with van der Waals surface area (Å²) in [5.41, 5.74) is 2.11. The van der Waals surface area contributed by atoms with Crippen LogP contribution in [0.5, 0.6) is 0 Å². The van der Waals surface area contributed by atoms with Gasteiger partial charge in [-0.2, -0.15) is 5.10 Å². The molecule has 2 N–H and O–H groups in total. The van der Waals surface area contributed by atoms with Gasteiger partial charge in [0.1, 0.15) is 5.69 Å². The topological polar surface area (TPSA) is 83.6 Å². The summed E-state index contributed by atoms with van der Waals surface area (Å²) in [6.07, 6.45) is 4.39. The molecule has 0 aliphatic heterocycles. The van der Waals surface area contributed by atoms with E-state index in [0.29, 0.717) is 5.82 Å². The van der Waals surface area contributed by atoms with Crippen LogP contribution < -0.4 is 5.32 Å². The van der Waals surface area contributed by atoms with Crippen molar-refractivity contribution in [3.05, 3.63) is 35.5 Å². The third kappa shape index (κ3) is 1.90. The molecule has 6 heteroatoms. The first-order chi connectivity index (χ1) is 7.68. The molecule has 0 aromatic carbocycles. The van der Waals surface area contributed by atoms with Crippen molar-refractivity contribution in [2.75, 3.05) is 5.32 Å². The predicted octanol–water partition coefficient (Wildman–Crippen LogP) is 1.07. The molecule has 0 aliphatic carbocycles. The standard InChI is InChI=1S/C10H11N5O/c1-6-7(2)14-15-9(6)13-10(16)8-5-11-3-4-12-8/h3-5H,1-2H3,(H2,13,14,15,16). The van der Waals surface area contributed by atoms with Crippen molar-refractivity contribution in [3.8, 4) is 0 Å². The van der Waals surface area contributed by atoms with Crippen molar-refractivity contribution in [2.45, 2.75) is 13.8 Å². The van der Waals surface area contributed by atoms with Crippen LogP contribution in [0.15, 0.2) is 18.6 Å². The molecule has 0 aliphatic rings. The monoisotopic (exact) mass is 217 g/mol. The zero-order valence-corrected chi connectivity index (χ0v) is 8.98. The number of aromatic nitrogens is 4. The summed E-state index contributed by atoms with van der Waals surface area (Å²) in [5.74, 6) is 0.204. The molecule has 16 heavy (non-hydrogen) atoms. The Hall–Kier alpha value is -2.24. The second-order valence-electron chi connectivity index (χ2n) is 3.37. The molecule has 0 atom stereocenters. The minimum absolute atomic E-state index is 0.266. The van der Waals surface area contributed by atoms with E-state index in [1.165, 1.54) is 18.6 Å². The van der Waals surface area contributed by atoms with Gasteiger partial charge in [-0.3, -0.25) is 14.9 Å². The number of aryl methyl sites for hydroxylation is 1. The number of H-pyrrole nitrogens is 1. The van der Waals surface area contributed by atoms with Gasteiger partial charge in [-0.1, -0.05) is 0 Å². The van der Waals surface area contributed by atoms with Gasteiger partial charge in [0.2, 0.25) is 0 Å². The Morgan fingerprint density at radius 2 is 2.19 bits per heavy atom. The van der Waals surface area contributed by atoms with Crippen molar-refractivity contribution >= 4 is 11.7 Å². The van der Waals surface area contributed by atoms with E-state index in [2.05, 4.69) is 25.5 Å². The highest BCUT2D eigenvalue weighted by Crippen LogP contribution is 2.14. The minimum atomic E-state index is -0.317. The minimum Gasteiger partial charge on any atom is -0.303 e. The molecular formula is C10H11N5O. The Morgan fingerprint density at radius 3 is 2.75 bits per heavy atom. The molecule has 2 heterocycles. The summed E-state index contributed by atoms with van der Waals surface area (Å²) in [5, 5.41) is 9.43. The molecule has 1 amide bonds. The Morgan fingerprint density at radius 1 is 1.38 bits per heavy atom. The molecule has 0 fully saturated rings. The number of amides is 1. The van der Waals surface area contributed by atoms with Crippen LogP contribution in [0.1, 0.15) is 21.7 Å². The second kappa shape index (κ2) is 4.09. The summed E-state index contributed by atoms with van der Waals surface area (Å²) in [7, 11) is 0. The smallest absolute Gasteiger partial charge is 0.277 e. The average molecular weight is 217 g/mol. The highest BCUT2D eigenvalue weighted by atomic mass is 16.2. The molecule has 0 unspecified atom stereocenters. The van der Waals surface area contributed by atoms with Gasteiger partial charge in [0, 0.05) is 23.7 Å². The number of carbonyl (C=O) groups excluding carboxylic acids is 1. The fourth-order valence-corrected chi connectivity index (χ4v) is 1.19. The van der Waals surface area contributed by atoms with E-state index >= 15 is 0 Å². The highest BCUT2D eigenvalue weighted by Gasteiger charge is 2.11. The van der Waals surface area contributed by atoms with E-state index in [-0.39, 0.29) is 11.6 Å². The maximum atomic E-state index is 11.7. The molecule has 0 radical (unpaired) electrons. The van der Waals surface area contributed by atoms with Crippen LogP contribution in [-0.4, -0.2) is 26.1 Å². The first-order valence-corrected chi connectivity index (χ1v) is 4.77. The summed E-state index contributed by atoms with van der Waals surface area (Å²) < 4.78 is 0. The lowest BCUT2D eigenvalue weighted by Crippen LogP contribution is -2.14. The van der Waals surface area contributed by atoms with Crippen molar-refractivity contribution in [1.82, 2.24) is 20.2 Å². The number of hydrogen-bond donors (Lipinski definition) is 2. The van der Waals surface area contributed by atoms with Crippen molar-refractivity contribution in [3.63, 3.8) is 0 Å². The van der Waals surface area contributed by atoms with E-state index in [1.54, 1.807) is 0 Å². The van der Waals surface area contributed by atoms with Gasteiger partial charge in [-0.15, -0.1) is 0 Å². The van der Waals surface area contributed by atoms with Crippen LogP contribution in [-0.2, 0) is 0 Å². The van der Waals surface area contributed by atoms with E-state index in [9.17, 15) is 4.79 Å². The second-order valence-corrected chi connectivity index (χ2v) is 3.37. The number of nitrogens with one attached hydrogen (secondary N) is 2. The molecule has 2 rings (SSSR count). The van der Waals surface area contributed by atoms with E-state index < -0.39 is 0 Å². The molecule has 0 spiro atoms. The van der Waals surface area contributed by atoms with Crippen molar-refractivity contribution in [2.24, 2.45) is 0 Å². The Balaban J connectivity index is 2.17. The van der Waals surface area contributed by atoms with E-state index in [1.807, 2.05) is 13.8 Å². The van der Waals surface area contributed by atoms with Gasteiger partial charge in [-0.25, -0.2) is 4.98 Å². The van der Waals surface area contributed by atoms with Gasteiger partial charge >= 0.3 is 0 Å². The van der Waals surface area contributed by atoms with Crippen LogP contribution in [0, 0.1) is 13.8 Å². The number of anilines is 1. The SMILES string of the molecule is Cc1[nH]nc(NC(=O)c2cnccn2)c1C. The Labute approximate surface area is 92.1 Å². The number of hydrogen-bond acceptors (Lipinski definition) is 4. The number of aromatic amines is 1. The zero-order chi connectivity index (χ0) is 11.5. The van der Waals surface area contributed by atoms with Crippen LogP contribution in [0.2, 0.25) is 0 Å². The Kier molecular flexibility index (Phi) is 2.63. The van der Waals surface area contributed by atoms with E-state index in [0.717, 1.165) is 11.3 Å². The molecular weight excluding hydrogens is 206 g/mol. The maximum Gasteiger partial charge on any atom is 0.277 e. The summed E-state index contributed by atoms with van der Waals surface area (Å²) >= 11 is 0. The highest BCUT2D eigenvalue weighted by molar-refractivity contribution is 6.02. The molecule has 82 valence electrons. The summed E-state index contributed by atoms with van der Waals surface area (Å²) in [6.45, 7) is 3.77. The van der Waals surface area contributed by atoms with Crippen molar-refractivity contribution < 1.29 is 4.79 Å². The van der Waals surface area contributed by atoms with Gasteiger partial charge < -0.3 is 5.32 Å². The van der Waals surface area contributed by atoms with Crippen molar-refractivity contribution in [1.29, 1.82) is 0 Å². The van der Waals surface area contributed by atoms with Gasteiger partial charge in [0.05, 0.1) is 6.20 Å². The normalized spacial score (nSPS) is 10.1. The van der Waals surface area contributed by atoms with Crippen LogP contribution in [0.4, 0.5) is 5.82 Å². The molecule has 2 aromatic rings. The fourth-order valence-electron chi connectivity index (χ4n) is 1.19. The summed E-state index contributed by atoms with van der Waals surface area (Å²) in [4.78, 5) is 19.4. The molecule has 0 saturated heterocycles. The lowest BCUT2D eigenvalue weighted by atomic mass is 10.3. The first kappa shape index (κ1) is 10.3. The quantitative estimate of drug-likeness (QED) is 0.788. The third-order valence-corrected chi connectivity index (χ3v) is 2.28. The lowest BCUT2D eigenvalue weighted by molar-refractivity contribution is 0.102. The van der Waals surface area contributed by atoms with E-state index in [4.69, 9.17) is 0 Å². The van der Waals surface area contributed by atoms with Crippen LogP contribution in [0.25, 0.3) is 0 Å². The van der Waals surface area contributed by atoms with Crippen LogP contribution >= 0.6 is 0 Å². The summed E-state index contributed by atoms with van der Waals surface area (Å²) in [6, 6.07) is 0. The largest absolute Gasteiger partial charge is 0.303 e. The lowest BCUT2D eigenvalue weighted by Gasteiger charge is -2.01. The molecule has 0 bridgehead atoms.